The molecule has 0 atom stereocenters. The molecule has 0 aliphatic carbocycles. The Kier molecular flexibility index (Phi) is 5.59. The van der Waals surface area contributed by atoms with Crippen molar-refractivity contribution < 1.29 is 19.0 Å². The van der Waals surface area contributed by atoms with Gasteiger partial charge in [-0.25, -0.2) is 4.39 Å². The van der Waals surface area contributed by atoms with Crippen LogP contribution >= 0.6 is 15.9 Å². The van der Waals surface area contributed by atoms with Crippen LogP contribution in [0.2, 0.25) is 0 Å². The molecule has 0 aliphatic heterocycles. The number of aliphatic hydroxyl groups is 1. The number of halogens is 2. The monoisotopic (exact) mass is 354 g/mol. The molecule has 0 aromatic heterocycles. The minimum Gasteiger partial charge on any atom is -0.490 e. The normalized spacial score (nSPS) is 10.5. The van der Waals surface area contributed by atoms with Gasteiger partial charge in [-0.15, -0.1) is 0 Å². The van der Waals surface area contributed by atoms with Gasteiger partial charge in [0.25, 0.3) is 0 Å². The second-order valence-electron chi connectivity index (χ2n) is 4.40. The molecule has 0 saturated carbocycles. The van der Waals surface area contributed by atoms with Crippen molar-refractivity contribution >= 4 is 15.9 Å². The molecular formula is C16H16BrFO3. The van der Waals surface area contributed by atoms with Crippen LogP contribution < -0.4 is 9.47 Å². The largest absolute Gasteiger partial charge is 0.490 e. The Morgan fingerprint density at radius 1 is 1.10 bits per heavy atom. The Labute approximate surface area is 131 Å². The fourth-order valence-electron chi connectivity index (χ4n) is 1.83. The quantitative estimate of drug-likeness (QED) is 0.850. The lowest BCUT2D eigenvalue weighted by Gasteiger charge is -2.13. The molecule has 21 heavy (non-hydrogen) atoms. The lowest BCUT2D eigenvalue weighted by molar-refractivity contribution is 0.261. The van der Waals surface area contributed by atoms with Gasteiger partial charge in [0.05, 0.1) is 13.2 Å². The molecule has 0 aliphatic rings. The molecule has 112 valence electrons. The molecule has 0 saturated heterocycles. The van der Waals surface area contributed by atoms with Crippen LogP contribution in [0.25, 0.3) is 0 Å². The third-order valence-corrected chi connectivity index (χ3v) is 3.38. The summed E-state index contributed by atoms with van der Waals surface area (Å²) in [7, 11) is 0. The number of hydrogen-bond acceptors (Lipinski definition) is 3. The first-order valence-corrected chi connectivity index (χ1v) is 7.36. The van der Waals surface area contributed by atoms with Gasteiger partial charge in [0.15, 0.2) is 11.5 Å². The van der Waals surface area contributed by atoms with Crippen molar-refractivity contribution in [1.29, 1.82) is 0 Å². The van der Waals surface area contributed by atoms with Crippen LogP contribution in [0.15, 0.2) is 40.9 Å². The van der Waals surface area contributed by atoms with E-state index in [0.29, 0.717) is 28.1 Å². The second-order valence-corrected chi connectivity index (χ2v) is 5.31. The molecule has 2 aromatic carbocycles. The van der Waals surface area contributed by atoms with Gasteiger partial charge in [-0.3, -0.25) is 0 Å². The standard InChI is InChI=1S/C16H16BrFO3/c1-2-20-16-7-11(9-19)3-6-15(16)21-10-12-4-5-13(17)8-14(12)18/h3-8,19H,2,9-10H2,1H3. The molecule has 0 spiro atoms. The van der Waals surface area contributed by atoms with E-state index >= 15 is 0 Å². The summed E-state index contributed by atoms with van der Waals surface area (Å²) in [6, 6.07) is 10.0. The van der Waals surface area contributed by atoms with Crippen LogP contribution in [0, 0.1) is 5.82 Å². The van der Waals surface area contributed by atoms with Crippen molar-refractivity contribution in [3.63, 3.8) is 0 Å². The van der Waals surface area contributed by atoms with Crippen LogP contribution in [0.3, 0.4) is 0 Å². The summed E-state index contributed by atoms with van der Waals surface area (Å²) in [5.41, 5.74) is 1.20. The zero-order chi connectivity index (χ0) is 15.2. The van der Waals surface area contributed by atoms with Gasteiger partial charge in [0.1, 0.15) is 12.4 Å². The Morgan fingerprint density at radius 2 is 1.90 bits per heavy atom. The second kappa shape index (κ2) is 7.43. The van der Waals surface area contributed by atoms with Crippen LogP contribution in [-0.4, -0.2) is 11.7 Å². The van der Waals surface area contributed by atoms with Gasteiger partial charge in [-0.1, -0.05) is 28.1 Å². The zero-order valence-electron chi connectivity index (χ0n) is 11.6. The molecule has 0 heterocycles. The van der Waals surface area contributed by atoms with Gasteiger partial charge < -0.3 is 14.6 Å². The van der Waals surface area contributed by atoms with E-state index in [0.717, 1.165) is 5.56 Å². The molecular weight excluding hydrogens is 339 g/mol. The van der Waals surface area contributed by atoms with E-state index in [4.69, 9.17) is 14.6 Å². The summed E-state index contributed by atoms with van der Waals surface area (Å²) >= 11 is 3.22. The van der Waals surface area contributed by atoms with Crippen LogP contribution in [-0.2, 0) is 13.2 Å². The third kappa shape index (κ3) is 4.19. The predicted molar refractivity (Wildman–Crippen MR) is 82.0 cm³/mol. The molecule has 0 unspecified atom stereocenters. The zero-order valence-corrected chi connectivity index (χ0v) is 13.2. The summed E-state index contributed by atoms with van der Waals surface area (Å²) in [4.78, 5) is 0. The van der Waals surface area contributed by atoms with Gasteiger partial charge in [0, 0.05) is 10.0 Å². The fraction of sp³-hybridized carbons (Fsp3) is 0.250. The summed E-state index contributed by atoms with van der Waals surface area (Å²) in [5, 5.41) is 9.14. The van der Waals surface area contributed by atoms with Gasteiger partial charge in [-0.2, -0.15) is 0 Å². The Bertz CT molecular complexity index is 616. The number of aliphatic hydroxyl groups excluding tert-OH is 1. The maximum Gasteiger partial charge on any atom is 0.161 e. The SMILES string of the molecule is CCOc1cc(CO)ccc1OCc1ccc(Br)cc1F. The van der Waals surface area contributed by atoms with E-state index in [1.165, 1.54) is 6.07 Å². The smallest absolute Gasteiger partial charge is 0.161 e. The Morgan fingerprint density at radius 3 is 2.57 bits per heavy atom. The molecule has 0 radical (unpaired) electrons. The highest BCUT2D eigenvalue weighted by atomic mass is 79.9. The van der Waals surface area contributed by atoms with E-state index < -0.39 is 0 Å². The van der Waals surface area contributed by atoms with Crippen molar-refractivity contribution in [3.05, 3.63) is 57.8 Å². The lowest BCUT2D eigenvalue weighted by atomic mass is 10.2. The maximum absolute atomic E-state index is 13.7. The Hall–Kier alpha value is -1.59. The Balaban J connectivity index is 2.15. The van der Waals surface area contributed by atoms with E-state index in [1.54, 1.807) is 30.3 Å². The third-order valence-electron chi connectivity index (χ3n) is 2.89. The van der Waals surface area contributed by atoms with Crippen LogP contribution in [0.5, 0.6) is 11.5 Å². The maximum atomic E-state index is 13.7. The first-order chi connectivity index (χ1) is 10.1. The van der Waals surface area contributed by atoms with Crippen molar-refractivity contribution in [2.75, 3.05) is 6.61 Å². The average Bonchev–Trinajstić information content (AvgIpc) is 2.47. The molecule has 1 N–H and O–H groups in total. The van der Waals surface area contributed by atoms with E-state index in [1.807, 2.05) is 6.92 Å². The molecule has 0 amide bonds. The topological polar surface area (TPSA) is 38.7 Å². The highest BCUT2D eigenvalue weighted by Gasteiger charge is 2.09. The van der Waals surface area contributed by atoms with Gasteiger partial charge in [-0.05, 0) is 36.8 Å². The number of hydrogen-bond donors (Lipinski definition) is 1. The molecule has 2 rings (SSSR count). The predicted octanol–water partition coefficient (Wildman–Crippen LogP) is 4.06. The van der Waals surface area contributed by atoms with Gasteiger partial charge in [0.2, 0.25) is 0 Å². The average molecular weight is 355 g/mol. The van der Waals surface area contributed by atoms with Crippen LogP contribution in [0.1, 0.15) is 18.1 Å². The van der Waals surface area contributed by atoms with E-state index in [9.17, 15) is 4.39 Å². The van der Waals surface area contributed by atoms with Crippen molar-refractivity contribution in [2.24, 2.45) is 0 Å². The lowest BCUT2D eigenvalue weighted by Crippen LogP contribution is -2.02. The molecule has 0 bridgehead atoms. The minimum atomic E-state index is -0.325. The summed E-state index contributed by atoms with van der Waals surface area (Å²) in [5.74, 6) is 0.743. The summed E-state index contributed by atoms with van der Waals surface area (Å²) < 4.78 is 25.5. The number of ether oxygens (including phenoxy) is 2. The molecule has 2 aromatic rings. The highest BCUT2D eigenvalue weighted by Crippen LogP contribution is 2.29. The van der Waals surface area contributed by atoms with E-state index in [-0.39, 0.29) is 19.0 Å². The van der Waals surface area contributed by atoms with E-state index in [2.05, 4.69) is 15.9 Å². The summed E-state index contributed by atoms with van der Waals surface area (Å²) in [6.45, 7) is 2.39. The fourth-order valence-corrected chi connectivity index (χ4v) is 2.17. The summed E-state index contributed by atoms with van der Waals surface area (Å²) in [6.07, 6.45) is 0. The number of benzene rings is 2. The molecule has 3 nitrogen and oxygen atoms in total. The first kappa shape index (κ1) is 15.8. The van der Waals surface area contributed by atoms with Crippen molar-refractivity contribution in [2.45, 2.75) is 20.1 Å². The van der Waals surface area contributed by atoms with Gasteiger partial charge >= 0.3 is 0 Å². The van der Waals surface area contributed by atoms with Crippen molar-refractivity contribution in [3.8, 4) is 11.5 Å². The molecule has 0 fully saturated rings. The van der Waals surface area contributed by atoms with Crippen LogP contribution in [0.4, 0.5) is 4.39 Å². The molecule has 5 heteroatoms. The minimum absolute atomic E-state index is 0.0678. The number of rotatable bonds is 6. The highest BCUT2D eigenvalue weighted by molar-refractivity contribution is 9.10. The first-order valence-electron chi connectivity index (χ1n) is 6.57. The van der Waals surface area contributed by atoms with Crippen molar-refractivity contribution in [1.82, 2.24) is 0 Å².